The van der Waals surface area contributed by atoms with Gasteiger partial charge in [0.1, 0.15) is 5.82 Å². The summed E-state index contributed by atoms with van der Waals surface area (Å²) >= 11 is 0. The van der Waals surface area contributed by atoms with E-state index in [0.29, 0.717) is 16.8 Å². The van der Waals surface area contributed by atoms with E-state index in [1.807, 2.05) is 24.3 Å². The molecule has 2 amide bonds. The van der Waals surface area contributed by atoms with Gasteiger partial charge in [0.15, 0.2) is 0 Å². The van der Waals surface area contributed by atoms with Gasteiger partial charge in [-0.1, -0.05) is 24.3 Å². The van der Waals surface area contributed by atoms with Crippen LogP contribution in [0.25, 0.3) is 10.9 Å². The van der Waals surface area contributed by atoms with E-state index in [0.717, 1.165) is 5.39 Å². The maximum absolute atomic E-state index is 14.4. The molecule has 5 nitrogen and oxygen atoms in total. The second kappa shape index (κ2) is 7.53. The normalized spacial score (nSPS) is 10.7. The number of halogens is 1. The largest absolute Gasteiger partial charge is 0.349 e. The second-order valence-electron chi connectivity index (χ2n) is 6.52. The van der Waals surface area contributed by atoms with E-state index >= 15 is 0 Å². The molecule has 0 saturated carbocycles. The van der Waals surface area contributed by atoms with Crippen LogP contribution < -0.4 is 5.32 Å². The highest BCUT2D eigenvalue weighted by Gasteiger charge is 2.21. The summed E-state index contributed by atoms with van der Waals surface area (Å²) in [4.78, 5) is 30.8. The quantitative estimate of drug-likeness (QED) is 0.769. The summed E-state index contributed by atoms with van der Waals surface area (Å²) in [6.45, 7) is 1.72. The maximum Gasteiger partial charge on any atom is 0.256 e. The van der Waals surface area contributed by atoms with Crippen molar-refractivity contribution in [3.8, 4) is 0 Å². The molecule has 6 heteroatoms. The topological polar surface area (TPSA) is 62.3 Å². The summed E-state index contributed by atoms with van der Waals surface area (Å²) < 4.78 is 14.4. The van der Waals surface area contributed by atoms with Crippen LogP contribution in [0.3, 0.4) is 0 Å². The van der Waals surface area contributed by atoms with Crippen LogP contribution in [0.15, 0.2) is 48.7 Å². The molecule has 0 atom stereocenters. The molecule has 0 unspecified atom stereocenters. The number of aryl methyl sites for hydroxylation is 1. The van der Waals surface area contributed by atoms with E-state index in [4.69, 9.17) is 0 Å². The van der Waals surface area contributed by atoms with Crippen molar-refractivity contribution < 1.29 is 14.0 Å². The highest BCUT2D eigenvalue weighted by Crippen LogP contribution is 2.24. The fraction of sp³-hybridized carbons (Fsp3) is 0.190. The van der Waals surface area contributed by atoms with E-state index in [-0.39, 0.29) is 23.5 Å². The Labute approximate surface area is 156 Å². The second-order valence-corrected chi connectivity index (χ2v) is 6.52. The monoisotopic (exact) mass is 365 g/mol. The van der Waals surface area contributed by atoms with Crippen molar-refractivity contribution in [1.29, 1.82) is 0 Å². The third-order valence-corrected chi connectivity index (χ3v) is 4.40. The molecule has 3 aromatic rings. The standard InChI is InChI=1S/C21H20FN3O2/c1-13-9-10-16(22)15(12-18(26)25(2)3)19(13)21(27)24-17-8-4-6-14-7-5-11-23-20(14)17/h4-11H,12H2,1-3H3,(H,24,27). The van der Waals surface area contributed by atoms with Crippen LogP contribution in [0.1, 0.15) is 21.5 Å². The van der Waals surface area contributed by atoms with Crippen LogP contribution in [-0.2, 0) is 11.2 Å². The van der Waals surface area contributed by atoms with Crippen molar-refractivity contribution in [1.82, 2.24) is 9.88 Å². The first-order chi connectivity index (χ1) is 12.9. The summed E-state index contributed by atoms with van der Waals surface area (Å²) in [5.74, 6) is -1.32. The van der Waals surface area contributed by atoms with E-state index in [1.54, 1.807) is 33.3 Å². The minimum atomic E-state index is -0.572. The Morgan fingerprint density at radius 2 is 1.85 bits per heavy atom. The first-order valence-electron chi connectivity index (χ1n) is 8.51. The zero-order valence-corrected chi connectivity index (χ0v) is 15.4. The van der Waals surface area contributed by atoms with Gasteiger partial charge < -0.3 is 10.2 Å². The number of pyridine rings is 1. The lowest BCUT2D eigenvalue weighted by atomic mass is 9.97. The van der Waals surface area contributed by atoms with Gasteiger partial charge in [-0.2, -0.15) is 0 Å². The Hall–Kier alpha value is -3.28. The lowest BCUT2D eigenvalue weighted by molar-refractivity contribution is -0.128. The van der Waals surface area contributed by atoms with Crippen molar-refractivity contribution in [3.05, 3.63) is 71.2 Å². The molecule has 1 aromatic heterocycles. The van der Waals surface area contributed by atoms with E-state index in [2.05, 4.69) is 10.3 Å². The summed E-state index contributed by atoms with van der Waals surface area (Å²) in [6, 6.07) is 12.0. The highest BCUT2D eigenvalue weighted by molar-refractivity contribution is 6.10. The number of benzene rings is 2. The number of carbonyl (C=O) groups excluding carboxylic acids is 2. The minimum Gasteiger partial charge on any atom is -0.349 e. The fourth-order valence-corrected chi connectivity index (χ4v) is 2.93. The summed E-state index contributed by atoms with van der Waals surface area (Å²) in [5, 5.41) is 3.70. The average Bonchev–Trinajstić information content (AvgIpc) is 2.65. The Bertz CT molecular complexity index is 1030. The number of likely N-dealkylation sites (N-methyl/N-ethyl adjacent to an activating group) is 1. The van der Waals surface area contributed by atoms with Gasteiger partial charge in [-0.05, 0) is 30.7 Å². The number of rotatable bonds is 4. The predicted octanol–water partition coefficient (Wildman–Crippen LogP) is 3.57. The number of hydrogen-bond acceptors (Lipinski definition) is 3. The molecule has 2 aromatic carbocycles. The van der Waals surface area contributed by atoms with Gasteiger partial charge >= 0.3 is 0 Å². The summed E-state index contributed by atoms with van der Waals surface area (Å²) in [5.41, 5.74) is 2.06. The van der Waals surface area contributed by atoms with Gasteiger partial charge in [-0.15, -0.1) is 0 Å². The molecule has 1 heterocycles. The molecule has 138 valence electrons. The summed E-state index contributed by atoms with van der Waals surface area (Å²) in [6.07, 6.45) is 1.46. The molecular weight excluding hydrogens is 345 g/mol. The van der Waals surface area contributed by atoms with Crippen LogP contribution >= 0.6 is 0 Å². The molecule has 0 spiro atoms. The average molecular weight is 365 g/mol. The molecule has 27 heavy (non-hydrogen) atoms. The van der Waals surface area contributed by atoms with Gasteiger partial charge in [0.2, 0.25) is 5.91 Å². The first-order valence-corrected chi connectivity index (χ1v) is 8.51. The number of para-hydroxylation sites is 1. The molecule has 0 aliphatic rings. The zero-order chi connectivity index (χ0) is 19.6. The number of aromatic nitrogens is 1. The smallest absolute Gasteiger partial charge is 0.256 e. The number of fused-ring (bicyclic) bond motifs is 1. The molecule has 0 aliphatic heterocycles. The van der Waals surface area contributed by atoms with Crippen LogP contribution in [0.5, 0.6) is 0 Å². The fourth-order valence-electron chi connectivity index (χ4n) is 2.93. The Kier molecular flexibility index (Phi) is 5.16. The number of nitrogens with zero attached hydrogens (tertiary/aromatic N) is 2. The maximum atomic E-state index is 14.4. The van der Waals surface area contributed by atoms with E-state index < -0.39 is 11.7 Å². The Balaban J connectivity index is 2.01. The summed E-state index contributed by atoms with van der Waals surface area (Å²) in [7, 11) is 3.19. The lowest BCUT2D eigenvalue weighted by Gasteiger charge is -2.16. The number of amides is 2. The van der Waals surface area contributed by atoms with E-state index in [1.165, 1.54) is 17.0 Å². The van der Waals surface area contributed by atoms with Crippen molar-refractivity contribution >= 4 is 28.4 Å². The zero-order valence-electron chi connectivity index (χ0n) is 15.4. The number of anilines is 1. The first kappa shape index (κ1) is 18.5. The Morgan fingerprint density at radius 1 is 1.11 bits per heavy atom. The van der Waals surface area contributed by atoms with Crippen LogP contribution in [0.2, 0.25) is 0 Å². The molecule has 0 radical (unpaired) electrons. The minimum absolute atomic E-state index is 0.0967. The van der Waals surface area contributed by atoms with Crippen molar-refractivity contribution in [3.63, 3.8) is 0 Å². The molecule has 0 bridgehead atoms. The molecule has 0 fully saturated rings. The van der Waals surface area contributed by atoms with Gasteiger partial charge in [0.25, 0.3) is 5.91 Å². The number of nitrogens with one attached hydrogen (secondary N) is 1. The molecule has 3 rings (SSSR count). The molecule has 0 aliphatic carbocycles. The van der Waals surface area contributed by atoms with Gasteiger partial charge in [0.05, 0.1) is 17.6 Å². The van der Waals surface area contributed by atoms with Gasteiger partial charge in [0, 0.05) is 36.8 Å². The molecular formula is C21H20FN3O2. The molecule has 1 N–H and O–H groups in total. The van der Waals surface area contributed by atoms with Gasteiger partial charge in [-0.25, -0.2) is 4.39 Å². The Morgan fingerprint density at radius 3 is 2.59 bits per heavy atom. The van der Waals surface area contributed by atoms with Crippen molar-refractivity contribution in [2.24, 2.45) is 0 Å². The van der Waals surface area contributed by atoms with Crippen LogP contribution in [0.4, 0.5) is 10.1 Å². The lowest BCUT2D eigenvalue weighted by Crippen LogP contribution is -2.26. The number of carbonyl (C=O) groups is 2. The van der Waals surface area contributed by atoms with Crippen LogP contribution in [0, 0.1) is 12.7 Å². The van der Waals surface area contributed by atoms with Crippen molar-refractivity contribution in [2.45, 2.75) is 13.3 Å². The SMILES string of the molecule is Cc1ccc(F)c(CC(=O)N(C)C)c1C(=O)Nc1cccc2cccnc12. The van der Waals surface area contributed by atoms with Crippen LogP contribution in [-0.4, -0.2) is 35.8 Å². The third kappa shape index (κ3) is 3.79. The van der Waals surface area contributed by atoms with Crippen molar-refractivity contribution in [2.75, 3.05) is 19.4 Å². The highest BCUT2D eigenvalue weighted by atomic mass is 19.1. The molecule has 0 saturated heterocycles. The third-order valence-electron chi connectivity index (χ3n) is 4.40. The predicted molar refractivity (Wildman–Crippen MR) is 103 cm³/mol. The van der Waals surface area contributed by atoms with E-state index in [9.17, 15) is 14.0 Å². The van der Waals surface area contributed by atoms with Gasteiger partial charge in [-0.3, -0.25) is 14.6 Å². The number of hydrogen-bond donors (Lipinski definition) is 1.